The van der Waals surface area contributed by atoms with E-state index in [0.29, 0.717) is 11.6 Å². The summed E-state index contributed by atoms with van der Waals surface area (Å²) < 4.78 is 1.74. The SMILES string of the molecule is Cc1nc([N+](=O)[O-])c(NC2CCNCC2)n1C. The van der Waals surface area contributed by atoms with Crippen LogP contribution in [0.4, 0.5) is 11.6 Å². The summed E-state index contributed by atoms with van der Waals surface area (Å²) in [7, 11) is 1.79. The molecule has 0 radical (unpaired) electrons. The van der Waals surface area contributed by atoms with E-state index in [1.807, 2.05) is 0 Å². The highest BCUT2D eigenvalue weighted by Crippen LogP contribution is 2.25. The number of anilines is 1. The molecular formula is C10H17N5O2. The van der Waals surface area contributed by atoms with Gasteiger partial charge in [-0.15, -0.1) is 0 Å². The summed E-state index contributed by atoms with van der Waals surface area (Å²) >= 11 is 0. The van der Waals surface area contributed by atoms with Crippen LogP contribution in [0.3, 0.4) is 0 Å². The highest BCUT2D eigenvalue weighted by Gasteiger charge is 2.26. The van der Waals surface area contributed by atoms with Crippen molar-refractivity contribution in [1.82, 2.24) is 14.9 Å². The van der Waals surface area contributed by atoms with Gasteiger partial charge in [0.2, 0.25) is 11.6 Å². The largest absolute Gasteiger partial charge is 0.406 e. The van der Waals surface area contributed by atoms with E-state index in [2.05, 4.69) is 15.6 Å². The minimum Gasteiger partial charge on any atom is -0.361 e. The average molecular weight is 239 g/mol. The van der Waals surface area contributed by atoms with Gasteiger partial charge in [0.15, 0.2) is 0 Å². The van der Waals surface area contributed by atoms with Crippen LogP contribution >= 0.6 is 0 Å². The van der Waals surface area contributed by atoms with Crippen LogP contribution in [0, 0.1) is 17.0 Å². The van der Waals surface area contributed by atoms with Gasteiger partial charge in [-0.3, -0.25) is 4.57 Å². The topological polar surface area (TPSA) is 85.0 Å². The van der Waals surface area contributed by atoms with Gasteiger partial charge in [0.05, 0.1) is 0 Å². The van der Waals surface area contributed by atoms with Gasteiger partial charge in [-0.1, -0.05) is 0 Å². The van der Waals surface area contributed by atoms with Gasteiger partial charge in [0, 0.05) is 20.0 Å². The molecule has 1 aromatic heterocycles. The predicted octanol–water partition coefficient (Wildman–Crippen LogP) is 0.801. The van der Waals surface area contributed by atoms with Crippen molar-refractivity contribution in [3.63, 3.8) is 0 Å². The van der Waals surface area contributed by atoms with Crippen molar-refractivity contribution in [2.75, 3.05) is 18.4 Å². The fraction of sp³-hybridized carbons (Fsp3) is 0.700. The van der Waals surface area contributed by atoms with E-state index < -0.39 is 4.92 Å². The molecule has 0 atom stereocenters. The zero-order valence-electron chi connectivity index (χ0n) is 10.1. The second-order valence-electron chi connectivity index (χ2n) is 4.32. The molecule has 0 bridgehead atoms. The summed E-state index contributed by atoms with van der Waals surface area (Å²) in [5.74, 6) is 1.08. The van der Waals surface area contributed by atoms with Crippen molar-refractivity contribution >= 4 is 11.6 Å². The van der Waals surface area contributed by atoms with E-state index in [1.165, 1.54) is 0 Å². The molecule has 0 aliphatic carbocycles. The molecule has 1 aromatic rings. The third-order valence-electron chi connectivity index (χ3n) is 3.15. The molecular weight excluding hydrogens is 222 g/mol. The molecule has 2 N–H and O–H groups in total. The maximum atomic E-state index is 10.9. The zero-order valence-corrected chi connectivity index (χ0v) is 10.1. The van der Waals surface area contributed by atoms with E-state index in [0.717, 1.165) is 25.9 Å². The van der Waals surface area contributed by atoms with E-state index >= 15 is 0 Å². The molecule has 17 heavy (non-hydrogen) atoms. The molecule has 7 heteroatoms. The molecule has 1 aliphatic heterocycles. The van der Waals surface area contributed by atoms with Crippen molar-refractivity contribution in [2.45, 2.75) is 25.8 Å². The molecule has 1 fully saturated rings. The van der Waals surface area contributed by atoms with E-state index in [9.17, 15) is 10.1 Å². The minimum absolute atomic E-state index is 0.0801. The van der Waals surface area contributed by atoms with Gasteiger partial charge in [-0.25, -0.2) is 0 Å². The number of nitrogens with zero attached hydrogens (tertiary/aromatic N) is 3. The number of hydrogen-bond acceptors (Lipinski definition) is 5. The van der Waals surface area contributed by atoms with Crippen molar-refractivity contribution < 1.29 is 4.92 Å². The molecule has 1 saturated heterocycles. The third kappa shape index (κ3) is 2.38. The van der Waals surface area contributed by atoms with Gasteiger partial charge < -0.3 is 20.7 Å². The fourth-order valence-electron chi connectivity index (χ4n) is 2.04. The standard InChI is InChI=1S/C10H17N5O2/c1-7-12-10(15(16)17)9(14(7)2)13-8-3-5-11-6-4-8/h8,11,13H,3-6H2,1-2H3. The van der Waals surface area contributed by atoms with Gasteiger partial charge >= 0.3 is 5.82 Å². The molecule has 0 amide bonds. The second kappa shape index (κ2) is 4.70. The van der Waals surface area contributed by atoms with Gasteiger partial charge in [0.25, 0.3) is 0 Å². The van der Waals surface area contributed by atoms with Crippen LogP contribution in [0.25, 0.3) is 0 Å². The number of piperidine rings is 1. The van der Waals surface area contributed by atoms with Crippen molar-refractivity contribution in [1.29, 1.82) is 0 Å². The Kier molecular flexibility index (Phi) is 3.28. The molecule has 0 saturated carbocycles. The predicted molar refractivity (Wildman–Crippen MR) is 64.1 cm³/mol. The lowest BCUT2D eigenvalue weighted by Gasteiger charge is -2.24. The van der Waals surface area contributed by atoms with Crippen LogP contribution in [0.15, 0.2) is 0 Å². The van der Waals surface area contributed by atoms with E-state index in [-0.39, 0.29) is 11.9 Å². The third-order valence-corrected chi connectivity index (χ3v) is 3.15. The van der Waals surface area contributed by atoms with Crippen LogP contribution in [0.5, 0.6) is 0 Å². The molecule has 2 rings (SSSR count). The molecule has 0 aromatic carbocycles. The monoisotopic (exact) mass is 239 g/mol. The first-order valence-electron chi connectivity index (χ1n) is 5.74. The Bertz CT molecular complexity index is 423. The Hall–Kier alpha value is -1.63. The average Bonchev–Trinajstić information content (AvgIpc) is 2.59. The van der Waals surface area contributed by atoms with Gasteiger partial charge in [0.1, 0.15) is 0 Å². The summed E-state index contributed by atoms with van der Waals surface area (Å²) in [6.45, 7) is 3.66. The van der Waals surface area contributed by atoms with Crippen LogP contribution in [-0.4, -0.2) is 33.6 Å². The maximum absolute atomic E-state index is 10.9. The van der Waals surface area contributed by atoms with Gasteiger partial charge in [-0.05, 0) is 35.8 Å². The summed E-state index contributed by atoms with van der Waals surface area (Å²) in [6, 6.07) is 0.282. The molecule has 1 aliphatic rings. The number of rotatable bonds is 3. The first-order chi connectivity index (χ1) is 8.09. The van der Waals surface area contributed by atoms with Gasteiger partial charge in [-0.2, -0.15) is 0 Å². The first kappa shape index (κ1) is 11.8. The lowest BCUT2D eigenvalue weighted by atomic mass is 10.1. The first-order valence-corrected chi connectivity index (χ1v) is 5.74. The lowest BCUT2D eigenvalue weighted by molar-refractivity contribution is -0.388. The number of aryl methyl sites for hydroxylation is 1. The van der Waals surface area contributed by atoms with Crippen LogP contribution < -0.4 is 10.6 Å². The summed E-state index contributed by atoms with van der Waals surface area (Å²) in [4.78, 5) is 14.4. The number of nitro groups is 1. The molecule has 0 spiro atoms. The number of nitrogens with one attached hydrogen (secondary N) is 2. The Labute approximate surface area is 99.4 Å². The zero-order chi connectivity index (χ0) is 12.4. The van der Waals surface area contributed by atoms with Crippen molar-refractivity contribution in [3.05, 3.63) is 15.9 Å². The van der Waals surface area contributed by atoms with Crippen LogP contribution in [0.1, 0.15) is 18.7 Å². The van der Waals surface area contributed by atoms with Crippen molar-refractivity contribution in [3.8, 4) is 0 Å². The summed E-state index contributed by atoms with van der Waals surface area (Å²) in [6.07, 6.45) is 1.95. The maximum Gasteiger partial charge on any atom is 0.406 e. The summed E-state index contributed by atoms with van der Waals surface area (Å²) in [5.41, 5.74) is 0. The normalized spacial score (nSPS) is 17.1. The smallest absolute Gasteiger partial charge is 0.361 e. The van der Waals surface area contributed by atoms with Crippen LogP contribution in [0.2, 0.25) is 0 Å². The molecule has 94 valence electrons. The van der Waals surface area contributed by atoms with Crippen LogP contribution in [-0.2, 0) is 7.05 Å². The molecule has 7 nitrogen and oxygen atoms in total. The Morgan fingerprint density at radius 1 is 1.53 bits per heavy atom. The highest BCUT2D eigenvalue weighted by molar-refractivity contribution is 5.54. The quantitative estimate of drug-likeness (QED) is 0.602. The molecule has 0 unspecified atom stereocenters. The second-order valence-corrected chi connectivity index (χ2v) is 4.32. The minimum atomic E-state index is -0.434. The Morgan fingerprint density at radius 3 is 2.76 bits per heavy atom. The lowest BCUT2D eigenvalue weighted by Crippen LogP contribution is -2.35. The number of imidazole rings is 1. The van der Waals surface area contributed by atoms with E-state index in [1.54, 1.807) is 18.5 Å². The summed E-state index contributed by atoms with van der Waals surface area (Å²) in [5, 5.41) is 17.4. The Morgan fingerprint density at radius 2 is 2.18 bits per heavy atom. The number of aromatic nitrogens is 2. The Balaban J connectivity index is 2.21. The molecule has 2 heterocycles. The highest BCUT2D eigenvalue weighted by atomic mass is 16.6. The number of hydrogen-bond donors (Lipinski definition) is 2. The van der Waals surface area contributed by atoms with E-state index in [4.69, 9.17) is 0 Å². The fourth-order valence-corrected chi connectivity index (χ4v) is 2.04. The van der Waals surface area contributed by atoms with Crippen molar-refractivity contribution in [2.24, 2.45) is 7.05 Å².